The molecule has 3 rings (SSSR count). The summed E-state index contributed by atoms with van der Waals surface area (Å²) in [6.07, 6.45) is 0.626. The van der Waals surface area contributed by atoms with E-state index in [4.69, 9.17) is 9.68 Å². The zero-order valence-corrected chi connectivity index (χ0v) is 13.4. The molecule has 0 aliphatic rings. The van der Waals surface area contributed by atoms with Crippen molar-refractivity contribution in [2.75, 3.05) is 4.90 Å². The van der Waals surface area contributed by atoms with Crippen molar-refractivity contribution in [1.29, 1.82) is 5.26 Å². The highest BCUT2D eigenvalue weighted by Crippen LogP contribution is 2.28. The first-order valence-electron chi connectivity index (χ1n) is 7.55. The number of halogens is 1. The summed E-state index contributed by atoms with van der Waals surface area (Å²) in [5.74, 6) is 0.0670. The van der Waals surface area contributed by atoms with E-state index in [0.29, 0.717) is 35.4 Å². The monoisotopic (exact) mass is 335 g/mol. The molecule has 2 aromatic carbocycles. The van der Waals surface area contributed by atoms with E-state index in [9.17, 15) is 9.18 Å². The lowest BCUT2D eigenvalue weighted by Gasteiger charge is -2.21. The van der Waals surface area contributed by atoms with Gasteiger partial charge in [-0.1, -0.05) is 12.1 Å². The minimum absolute atomic E-state index is 0.216. The average Bonchev–Trinajstić information content (AvgIpc) is 3.00. The number of anilines is 2. The van der Waals surface area contributed by atoms with Crippen LogP contribution in [-0.4, -0.2) is 11.3 Å². The maximum atomic E-state index is 13.5. The quantitative estimate of drug-likeness (QED) is 0.655. The number of nitriles is 1. The fourth-order valence-electron chi connectivity index (χ4n) is 2.42. The van der Waals surface area contributed by atoms with Crippen molar-refractivity contribution in [3.05, 3.63) is 76.9 Å². The summed E-state index contributed by atoms with van der Waals surface area (Å²) in [6.45, 7) is 1.95. The third-order valence-corrected chi connectivity index (χ3v) is 3.70. The molecule has 0 spiro atoms. The van der Waals surface area contributed by atoms with E-state index in [1.165, 1.54) is 12.1 Å². The fourth-order valence-corrected chi connectivity index (χ4v) is 2.42. The second kappa shape index (κ2) is 6.97. The first-order valence-corrected chi connectivity index (χ1v) is 7.55. The van der Waals surface area contributed by atoms with Crippen LogP contribution in [0.1, 0.15) is 27.4 Å². The van der Waals surface area contributed by atoms with Crippen LogP contribution >= 0.6 is 0 Å². The Labute approximate surface area is 143 Å². The van der Waals surface area contributed by atoms with Crippen LogP contribution in [-0.2, 0) is 6.54 Å². The van der Waals surface area contributed by atoms with Gasteiger partial charge in [0.05, 0.1) is 18.2 Å². The molecule has 0 atom stereocenters. The molecule has 0 aliphatic heterocycles. The van der Waals surface area contributed by atoms with Crippen LogP contribution in [0.4, 0.5) is 16.1 Å². The van der Waals surface area contributed by atoms with Crippen molar-refractivity contribution >= 4 is 18.0 Å². The number of carbonyl (C=O) groups is 1. The molecule has 6 heteroatoms. The molecule has 0 bridgehead atoms. The van der Waals surface area contributed by atoms with Gasteiger partial charge in [0, 0.05) is 5.69 Å². The Bertz CT molecular complexity index is 942. The SMILES string of the molecule is Cc1oc(N(Cc2cccc(F)c2)c2ccc(C#N)cc2)nc1C=O. The van der Waals surface area contributed by atoms with Crippen LogP contribution in [0.25, 0.3) is 0 Å². The summed E-state index contributed by atoms with van der Waals surface area (Å²) in [4.78, 5) is 17.0. The van der Waals surface area contributed by atoms with Gasteiger partial charge < -0.3 is 4.42 Å². The predicted octanol–water partition coefficient (Wildman–Crippen LogP) is 4.14. The van der Waals surface area contributed by atoms with E-state index in [0.717, 1.165) is 0 Å². The highest BCUT2D eigenvalue weighted by Gasteiger charge is 2.18. The number of benzene rings is 2. The Morgan fingerprint density at radius 2 is 2.04 bits per heavy atom. The van der Waals surface area contributed by atoms with Gasteiger partial charge in [0.25, 0.3) is 0 Å². The molecule has 1 heterocycles. The van der Waals surface area contributed by atoms with Gasteiger partial charge in [-0.3, -0.25) is 9.69 Å². The maximum Gasteiger partial charge on any atom is 0.303 e. The number of carbonyl (C=O) groups excluding carboxylic acids is 1. The van der Waals surface area contributed by atoms with E-state index in [1.807, 2.05) is 0 Å². The molecular weight excluding hydrogens is 321 g/mol. The second-order valence-electron chi connectivity index (χ2n) is 5.43. The summed E-state index contributed by atoms with van der Waals surface area (Å²) in [5, 5.41) is 8.95. The van der Waals surface area contributed by atoms with Crippen molar-refractivity contribution in [3.8, 4) is 6.07 Å². The number of nitrogens with zero attached hydrogens (tertiary/aromatic N) is 3. The van der Waals surface area contributed by atoms with Gasteiger partial charge in [0.15, 0.2) is 6.29 Å². The summed E-state index contributed by atoms with van der Waals surface area (Å²) in [6, 6.07) is 15.3. The summed E-state index contributed by atoms with van der Waals surface area (Å²) < 4.78 is 19.1. The summed E-state index contributed by atoms with van der Waals surface area (Å²) >= 11 is 0. The molecule has 124 valence electrons. The molecule has 0 unspecified atom stereocenters. The van der Waals surface area contributed by atoms with Gasteiger partial charge in [-0.2, -0.15) is 10.2 Å². The first kappa shape index (κ1) is 16.4. The number of rotatable bonds is 5. The third kappa shape index (κ3) is 3.56. The fraction of sp³-hybridized carbons (Fsp3) is 0.105. The molecular formula is C19H14FN3O2. The molecule has 5 nitrogen and oxygen atoms in total. The molecule has 25 heavy (non-hydrogen) atoms. The van der Waals surface area contributed by atoms with E-state index in [-0.39, 0.29) is 17.5 Å². The first-order chi connectivity index (χ1) is 12.1. The topological polar surface area (TPSA) is 70.1 Å². The van der Waals surface area contributed by atoms with Crippen LogP contribution in [0, 0.1) is 24.1 Å². The van der Waals surface area contributed by atoms with Crippen LogP contribution in [0.5, 0.6) is 0 Å². The van der Waals surface area contributed by atoms with E-state index in [2.05, 4.69) is 11.1 Å². The maximum absolute atomic E-state index is 13.5. The molecule has 0 fully saturated rings. The lowest BCUT2D eigenvalue weighted by atomic mass is 10.1. The number of aromatic nitrogens is 1. The van der Waals surface area contributed by atoms with E-state index >= 15 is 0 Å². The molecule has 0 N–H and O–H groups in total. The number of hydrogen-bond acceptors (Lipinski definition) is 5. The van der Waals surface area contributed by atoms with Gasteiger partial charge >= 0.3 is 6.01 Å². The molecule has 3 aromatic rings. The Balaban J connectivity index is 2.03. The molecule has 0 amide bonds. The van der Waals surface area contributed by atoms with Crippen LogP contribution in [0.2, 0.25) is 0 Å². The normalized spacial score (nSPS) is 10.3. The number of aldehydes is 1. The average molecular weight is 335 g/mol. The summed E-state index contributed by atoms with van der Waals surface area (Å²) in [7, 11) is 0. The third-order valence-electron chi connectivity index (χ3n) is 3.70. The lowest BCUT2D eigenvalue weighted by molar-refractivity contribution is 0.111. The van der Waals surface area contributed by atoms with Crippen molar-refractivity contribution in [2.45, 2.75) is 13.5 Å². The van der Waals surface area contributed by atoms with Crippen LogP contribution in [0.3, 0.4) is 0 Å². The van der Waals surface area contributed by atoms with Crippen LogP contribution in [0.15, 0.2) is 52.9 Å². The van der Waals surface area contributed by atoms with Gasteiger partial charge in [0.2, 0.25) is 0 Å². The van der Waals surface area contributed by atoms with Crippen LogP contribution < -0.4 is 4.90 Å². The zero-order chi connectivity index (χ0) is 17.8. The van der Waals surface area contributed by atoms with Gasteiger partial charge in [-0.25, -0.2) is 4.39 Å². The van der Waals surface area contributed by atoms with Crippen molar-refractivity contribution < 1.29 is 13.6 Å². The molecule has 0 saturated carbocycles. The number of oxazole rings is 1. The Hall–Kier alpha value is -3.46. The number of aryl methyl sites for hydroxylation is 1. The van der Waals surface area contributed by atoms with Crippen molar-refractivity contribution in [3.63, 3.8) is 0 Å². The Morgan fingerprint density at radius 1 is 1.28 bits per heavy atom. The zero-order valence-electron chi connectivity index (χ0n) is 13.4. The highest BCUT2D eigenvalue weighted by molar-refractivity contribution is 5.74. The van der Waals surface area contributed by atoms with Crippen molar-refractivity contribution in [1.82, 2.24) is 4.98 Å². The number of hydrogen-bond donors (Lipinski definition) is 0. The highest BCUT2D eigenvalue weighted by atomic mass is 19.1. The molecule has 0 aliphatic carbocycles. The Morgan fingerprint density at radius 3 is 2.64 bits per heavy atom. The molecule has 0 radical (unpaired) electrons. The predicted molar refractivity (Wildman–Crippen MR) is 90.0 cm³/mol. The minimum atomic E-state index is -0.338. The smallest absolute Gasteiger partial charge is 0.303 e. The molecule has 1 aromatic heterocycles. The van der Waals surface area contributed by atoms with Crippen molar-refractivity contribution in [2.24, 2.45) is 0 Å². The van der Waals surface area contributed by atoms with E-state index in [1.54, 1.807) is 48.2 Å². The minimum Gasteiger partial charge on any atom is -0.428 e. The standard InChI is InChI=1S/C19H14FN3O2/c1-13-18(12-24)22-19(25-13)23(11-15-3-2-4-16(20)9-15)17-7-5-14(10-21)6-8-17/h2-9,12H,11H2,1H3. The molecule has 0 saturated heterocycles. The largest absolute Gasteiger partial charge is 0.428 e. The van der Waals surface area contributed by atoms with Gasteiger partial charge in [0.1, 0.15) is 17.3 Å². The Kier molecular flexibility index (Phi) is 4.57. The van der Waals surface area contributed by atoms with E-state index < -0.39 is 0 Å². The van der Waals surface area contributed by atoms with Gasteiger partial charge in [-0.05, 0) is 48.9 Å². The lowest BCUT2D eigenvalue weighted by Crippen LogP contribution is -2.17. The second-order valence-corrected chi connectivity index (χ2v) is 5.43. The summed E-state index contributed by atoms with van der Waals surface area (Å²) in [5.41, 5.74) is 2.16. The van der Waals surface area contributed by atoms with Gasteiger partial charge in [-0.15, -0.1) is 0 Å².